The molecule has 0 radical (unpaired) electrons. The second-order valence-corrected chi connectivity index (χ2v) is 7.39. The van der Waals surface area contributed by atoms with E-state index >= 15 is 0 Å². The summed E-state index contributed by atoms with van der Waals surface area (Å²) in [4.78, 5) is 4.63. The van der Waals surface area contributed by atoms with Crippen molar-refractivity contribution in [3.63, 3.8) is 0 Å². The molecule has 2 aromatic rings. The number of sulfone groups is 1. The van der Waals surface area contributed by atoms with Gasteiger partial charge in [0.25, 0.3) is 0 Å². The van der Waals surface area contributed by atoms with Crippen molar-refractivity contribution in [3.8, 4) is 0 Å². The Hall–Kier alpha value is -1.40. The molecule has 0 amide bonds. The number of rotatable bonds is 4. The maximum absolute atomic E-state index is 11.5. The fourth-order valence-electron chi connectivity index (χ4n) is 2.62. The summed E-state index contributed by atoms with van der Waals surface area (Å²) in [5, 5.41) is 3.43. The van der Waals surface area contributed by atoms with E-state index in [9.17, 15) is 8.42 Å². The molecule has 1 aliphatic rings. The summed E-state index contributed by atoms with van der Waals surface area (Å²) in [5.41, 5.74) is 1.22. The van der Waals surface area contributed by atoms with Crippen molar-refractivity contribution in [2.45, 2.75) is 43.2 Å². The number of nitrogens with one attached hydrogen (secondary N) is 1. The molecule has 1 saturated carbocycles. The molecule has 0 spiro atoms. The zero-order chi connectivity index (χ0) is 14.2. The van der Waals surface area contributed by atoms with Crippen molar-refractivity contribution in [3.05, 3.63) is 24.1 Å². The minimum absolute atomic E-state index is 0.272. The Morgan fingerprint density at radius 3 is 2.80 bits per heavy atom. The molecule has 1 fully saturated rings. The second-order valence-electron chi connectivity index (χ2n) is 5.37. The molecule has 1 aromatic heterocycles. The molecule has 0 atom stereocenters. The van der Waals surface area contributed by atoms with Gasteiger partial charge in [-0.2, -0.15) is 0 Å². The van der Waals surface area contributed by atoms with Crippen LogP contribution in [0.3, 0.4) is 0 Å². The third-order valence-electron chi connectivity index (χ3n) is 3.73. The first-order valence-corrected chi connectivity index (χ1v) is 8.74. The van der Waals surface area contributed by atoms with E-state index in [1.54, 1.807) is 18.2 Å². The highest BCUT2D eigenvalue weighted by Crippen LogP contribution is 2.21. The van der Waals surface area contributed by atoms with Crippen LogP contribution in [0.5, 0.6) is 0 Å². The maximum atomic E-state index is 11.5. The maximum Gasteiger partial charge on any atom is 0.209 e. The van der Waals surface area contributed by atoms with E-state index in [2.05, 4.69) is 10.3 Å². The molecular formula is C14H18N2O3S. The van der Waals surface area contributed by atoms with Gasteiger partial charge in [0.1, 0.15) is 5.52 Å². The number of fused-ring (bicyclic) bond motifs is 1. The van der Waals surface area contributed by atoms with Crippen molar-refractivity contribution < 1.29 is 12.8 Å². The first kappa shape index (κ1) is 13.6. The lowest BCUT2D eigenvalue weighted by atomic mass is 10.2. The molecule has 0 saturated heterocycles. The van der Waals surface area contributed by atoms with Gasteiger partial charge in [0, 0.05) is 12.3 Å². The van der Waals surface area contributed by atoms with E-state index in [4.69, 9.17) is 4.42 Å². The molecule has 1 N–H and O–H groups in total. The van der Waals surface area contributed by atoms with E-state index in [1.165, 1.54) is 31.9 Å². The summed E-state index contributed by atoms with van der Waals surface area (Å²) < 4.78 is 28.7. The Labute approximate surface area is 118 Å². The monoisotopic (exact) mass is 294 g/mol. The molecule has 0 aliphatic heterocycles. The van der Waals surface area contributed by atoms with Crippen molar-refractivity contribution in [1.82, 2.24) is 10.3 Å². The van der Waals surface area contributed by atoms with Crippen LogP contribution in [0.4, 0.5) is 0 Å². The smallest absolute Gasteiger partial charge is 0.209 e. The minimum Gasteiger partial charge on any atom is -0.439 e. The van der Waals surface area contributed by atoms with Crippen LogP contribution < -0.4 is 5.32 Å². The highest BCUT2D eigenvalue weighted by Gasteiger charge is 2.16. The Morgan fingerprint density at radius 1 is 1.35 bits per heavy atom. The van der Waals surface area contributed by atoms with Crippen LogP contribution in [0.1, 0.15) is 31.6 Å². The fraction of sp³-hybridized carbons (Fsp3) is 0.500. The van der Waals surface area contributed by atoms with Gasteiger partial charge in [-0.15, -0.1) is 0 Å². The van der Waals surface area contributed by atoms with Gasteiger partial charge < -0.3 is 9.73 Å². The fourth-order valence-corrected chi connectivity index (χ4v) is 3.26. The molecule has 20 heavy (non-hydrogen) atoms. The molecule has 0 unspecified atom stereocenters. The predicted molar refractivity (Wildman–Crippen MR) is 76.2 cm³/mol. The molecule has 1 heterocycles. The largest absolute Gasteiger partial charge is 0.439 e. The van der Waals surface area contributed by atoms with Crippen LogP contribution in [0.15, 0.2) is 27.5 Å². The number of nitrogens with zero attached hydrogens (tertiary/aromatic N) is 1. The average Bonchev–Trinajstić information content (AvgIpc) is 3.03. The van der Waals surface area contributed by atoms with Gasteiger partial charge in [0.05, 0.1) is 11.4 Å². The molecule has 108 valence electrons. The van der Waals surface area contributed by atoms with Crippen molar-refractivity contribution in [2.75, 3.05) is 6.26 Å². The Kier molecular flexibility index (Phi) is 3.52. The van der Waals surface area contributed by atoms with Crippen LogP contribution in [0.25, 0.3) is 11.1 Å². The second kappa shape index (κ2) is 5.18. The predicted octanol–water partition coefficient (Wildman–Crippen LogP) is 2.26. The standard InChI is InChI=1S/C14H18N2O3S/c1-20(17,18)11-6-7-13-12(8-11)16-14(19-13)9-15-10-4-2-3-5-10/h6-8,10,15H,2-5,9H2,1H3. The summed E-state index contributed by atoms with van der Waals surface area (Å²) in [7, 11) is -3.21. The molecule has 5 nitrogen and oxygen atoms in total. The summed E-state index contributed by atoms with van der Waals surface area (Å²) in [6.07, 6.45) is 6.17. The lowest BCUT2D eigenvalue weighted by Crippen LogP contribution is -2.25. The molecule has 0 bridgehead atoms. The molecule has 1 aromatic carbocycles. The topological polar surface area (TPSA) is 72.2 Å². The van der Waals surface area contributed by atoms with Gasteiger partial charge in [-0.05, 0) is 31.0 Å². The third kappa shape index (κ3) is 2.86. The summed E-state index contributed by atoms with van der Waals surface area (Å²) in [6.45, 7) is 0.591. The summed E-state index contributed by atoms with van der Waals surface area (Å²) in [5.74, 6) is 0.609. The average molecular weight is 294 g/mol. The van der Waals surface area contributed by atoms with Crippen LogP contribution in [0.2, 0.25) is 0 Å². The van der Waals surface area contributed by atoms with E-state index in [0.29, 0.717) is 29.6 Å². The van der Waals surface area contributed by atoms with E-state index < -0.39 is 9.84 Å². The van der Waals surface area contributed by atoms with Crippen molar-refractivity contribution in [2.24, 2.45) is 0 Å². The number of hydrogen-bond donors (Lipinski definition) is 1. The number of benzene rings is 1. The Morgan fingerprint density at radius 2 is 2.10 bits per heavy atom. The lowest BCUT2D eigenvalue weighted by molar-refractivity contribution is 0.450. The third-order valence-corrected chi connectivity index (χ3v) is 4.84. The minimum atomic E-state index is -3.21. The normalized spacial score (nSPS) is 17.1. The molecule has 6 heteroatoms. The molecule has 3 rings (SSSR count). The zero-order valence-corrected chi connectivity index (χ0v) is 12.2. The Balaban J connectivity index is 1.79. The summed E-state index contributed by atoms with van der Waals surface area (Å²) in [6, 6.07) is 5.33. The van der Waals surface area contributed by atoms with Gasteiger partial charge in [-0.1, -0.05) is 12.8 Å². The van der Waals surface area contributed by atoms with Crippen LogP contribution >= 0.6 is 0 Å². The zero-order valence-electron chi connectivity index (χ0n) is 11.4. The van der Waals surface area contributed by atoms with E-state index in [1.807, 2.05) is 0 Å². The highest BCUT2D eigenvalue weighted by molar-refractivity contribution is 7.90. The summed E-state index contributed by atoms with van der Waals surface area (Å²) >= 11 is 0. The molecular weight excluding hydrogens is 276 g/mol. The Bertz CT molecular complexity index is 715. The number of hydrogen-bond acceptors (Lipinski definition) is 5. The quantitative estimate of drug-likeness (QED) is 0.936. The van der Waals surface area contributed by atoms with Gasteiger partial charge in [0.15, 0.2) is 15.4 Å². The van der Waals surface area contributed by atoms with Crippen LogP contribution in [-0.2, 0) is 16.4 Å². The van der Waals surface area contributed by atoms with Gasteiger partial charge >= 0.3 is 0 Å². The SMILES string of the molecule is CS(=O)(=O)c1ccc2oc(CNC3CCCC3)nc2c1. The number of aromatic nitrogens is 1. The van der Waals surface area contributed by atoms with Gasteiger partial charge in [-0.25, -0.2) is 13.4 Å². The van der Waals surface area contributed by atoms with Crippen molar-refractivity contribution >= 4 is 20.9 Å². The lowest BCUT2D eigenvalue weighted by Gasteiger charge is -2.08. The van der Waals surface area contributed by atoms with Crippen LogP contribution in [-0.4, -0.2) is 25.7 Å². The first-order chi connectivity index (χ1) is 9.52. The van der Waals surface area contributed by atoms with Gasteiger partial charge in [0.2, 0.25) is 5.89 Å². The number of oxazole rings is 1. The van der Waals surface area contributed by atoms with Crippen LogP contribution in [0, 0.1) is 0 Å². The van der Waals surface area contributed by atoms with Gasteiger partial charge in [-0.3, -0.25) is 0 Å². The van der Waals surface area contributed by atoms with E-state index in [0.717, 1.165) is 0 Å². The van der Waals surface area contributed by atoms with Crippen molar-refractivity contribution in [1.29, 1.82) is 0 Å². The highest BCUT2D eigenvalue weighted by atomic mass is 32.2. The first-order valence-electron chi connectivity index (χ1n) is 6.85. The molecule has 1 aliphatic carbocycles. The van der Waals surface area contributed by atoms with E-state index in [-0.39, 0.29) is 4.90 Å².